The molecule has 0 unspecified atom stereocenters. The van der Waals surface area contributed by atoms with Crippen molar-refractivity contribution >= 4 is 17.3 Å². The zero-order valence-electron chi connectivity index (χ0n) is 10.6. The van der Waals surface area contributed by atoms with Crippen LogP contribution in [0, 0.1) is 0 Å². The number of thiophene rings is 1. The minimum atomic E-state index is 0.595. The highest BCUT2D eigenvalue weighted by atomic mass is 32.1. The molecule has 0 radical (unpaired) electrons. The molecule has 0 amide bonds. The third-order valence-corrected chi connectivity index (χ3v) is 4.54. The van der Waals surface area contributed by atoms with E-state index < -0.39 is 0 Å². The highest BCUT2D eigenvalue weighted by molar-refractivity contribution is 7.10. The Balaban J connectivity index is 1.44. The van der Waals surface area contributed by atoms with Crippen molar-refractivity contribution in [3.05, 3.63) is 21.9 Å². The Morgan fingerprint density at radius 1 is 1.56 bits per heavy atom. The molecule has 0 aromatic carbocycles. The standard InChI is InChI=1S/C13H20N4S/c14-13(16-11-1-2-11)15-5-7-17-6-3-12-10(9-17)4-8-18-12/h4,8,11H,1-3,5-7,9H2,(H3,14,15,16). The fraction of sp³-hybridized carbons (Fsp3) is 0.615. The summed E-state index contributed by atoms with van der Waals surface area (Å²) in [5.74, 6) is 0.616. The Morgan fingerprint density at radius 2 is 2.44 bits per heavy atom. The van der Waals surface area contributed by atoms with Gasteiger partial charge >= 0.3 is 0 Å². The molecule has 0 bridgehead atoms. The number of guanidine groups is 1. The van der Waals surface area contributed by atoms with E-state index in [-0.39, 0.29) is 0 Å². The predicted octanol–water partition coefficient (Wildman–Crippen LogP) is 1.17. The molecule has 3 rings (SSSR count). The quantitative estimate of drug-likeness (QED) is 0.634. The van der Waals surface area contributed by atoms with Gasteiger partial charge in [0.1, 0.15) is 0 Å². The topological polar surface area (TPSA) is 53.6 Å². The van der Waals surface area contributed by atoms with Gasteiger partial charge in [-0.05, 0) is 36.3 Å². The van der Waals surface area contributed by atoms with E-state index in [1.807, 2.05) is 11.3 Å². The van der Waals surface area contributed by atoms with Gasteiger partial charge in [0.25, 0.3) is 0 Å². The number of aliphatic imine (C=N–C) groups is 1. The van der Waals surface area contributed by atoms with Crippen LogP contribution in [0.2, 0.25) is 0 Å². The summed E-state index contributed by atoms with van der Waals surface area (Å²) in [5, 5.41) is 5.41. The van der Waals surface area contributed by atoms with Crippen LogP contribution < -0.4 is 11.1 Å². The summed E-state index contributed by atoms with van der Waals surface area (Å²) in [4.78, 5) is 8.41. The lowest BCUT2D eigenvalue weighted by atomic mass is 10.1. The number of hydrogen-bond donors (Lipinski definition) is 2. The Morgan fingerprint density at radius 3 is 3.28 bits per heavy atom. The van der Waals surface area contributed by atoms with Crippen LogP contribution in [0.1, 0.15) is 23.3 Å². The normalized spacial score (nSPS) is 20.8. The molecular weight excluding hydrogens is 244 g/mol. The summed E-state index contributed by atoms with van der Waals surface area (Å²) in [5.41, 5.74) is 7.31. The summed E-state index contributed by atoms with van der Waals surface area (Å²) in [6.07, 6.45) is 3.67. The maximum Gasteiger partial charge on any atom is 0.188 e. The van der Waals surface area contributed by atoms with Gasteiger partial charge in [-0.2, -0.15) is 0 Å². The molecule has 98 valence electrons. The lowest BCUT2D eigenvalue weighted by Gasteiger charge is -2.26. The number of hydrogen-bond acceptors (Lipinski definition) is 3. The molecule has 1 fully saturated rings. The summed E-state index contributed by atoms with van der Waals surface area (Å²) >= 11 is 1.89. The summed E-state index contributed by atoms with van der Waals surface area (Å²) in [7, 11) is 0. The van der Waals surface area contributed by atoms with Crippen LogP contribution in [-0.2, 0) is 13.0 Å². The third kappa shape index (κ3) is 3.03. The van der Waals surface area contributed by atoms with Crippen molar-refractivity contribution in [2.45, 2.75) is 31.8 Å². The minimum absolute atomic E-state index is 0.595. The van der Waals surface area contributed by atoms with E-state index in [1.165, 1.54) is 24.8 Å². The van der Waals surface area contributed by atoms with Gasteiger partial charge in [-0.1, -0.05) is 0 Å². The summed E-state index contributed by atoms with van der Waals surface area (Å²) in [6.45, 7) is 4.02. The van der Waals surface area contributed by atoms with Crippen molar-refractivity contribution in [2.24, 2.45) is 10.7 Å². The van der Waals surface area contributed by atoms with E-state index >= 15 is 0 Å². The number of nitrogens with two attached hydrogens (primary N) is 1. The molecule has 5 heteroatoms. The molecule has 2 heterocycles. The van der Waals surface area contributed by atoms with Crippen LogP contribution >= 0.6 is 11.3 Å². The Bertz CT molecular complexity index is 436. The van der Waals surface area contributed by atoms with Gasteiger partial charge < -0.3 is 11.1 Å². The lowest BCUT2D eigenvalue weighted by Crippen LogP contribution is -2.35. The van der Waals surface area contributed by atoms with E-state index in [1.54, 1.807) is 4.88 Å². The molecule has 0 atom stereocenters. The first-order chi connectivity index (χ1) is 8.81. The molecule has 1 aromatic rings. The highest BCUT2D eigenvalue weighted by Gasteiger charge is 2.21. The van der Waals surface area contributed by atoms with Crippen LogP contribution in [0.25, 0.3) is 0 Å². The maximum absolute atomic E-state index is 5.81. The Kier molecular flexibility index (Phi) is 3.52. The van der Waals surface area contributed by atoms with Gasteiger partial charge in [-0.3, -0.25) is 9.89 Å². The van der Waals surface area contributed by atoms with Crippen LogP contribution in [0.4, 0.5) is 0 Å². The second-order valence-corrected chi connectivity index (χ2v) is 6.08. The molecule has 1 aliphatic heterocycles. The summed E-state index contributed by atoms with van der Waals surface area (Å²) in [6, 6.07) is 2.84. The van der Waals surface area contributed by atoms with E-state index in [9.17, 15) is 0 Å². The zero-order chi connectivity index (χ0) is 12.4. The van der Waals surface area contributed by atoms with Crippen molar-refractivity contribution in [3.63, 3.8) is 0 Å². The van der Waals surface area contributed by atoms with E-state index in [0.717, 1.165) is 26.2 Å². The van der Waals surface area contributed by atoms with Crippen LogP contribution in [-0.4, -0.2) is 36.5 Å². The van der Waals surface area contributed by atoms with E-state index in [4.69, 9.17) is 5.73 Å². The second kappa shape index (κ2) is 5.28. The fourth-order valence-electron chi connectivity index (χ4n) is 2.29. The molecule has 1 aliphatic carbocycles. The first kappa shape index (κ1) is 12.0. The van der Waals surface area contributed by atoms with Crippen molar-refractivity contribution in [2.75, 3.05) is 19.6 Å². The Hall–Kier alpha value is -1.07. The smallest absolute Gasteiger partial charge is 0.188 e. The van der Waals surface area contributed by atoms with Crippen LogP contribution in [0.5, 0.6) is 0 Å². The van der Waals surface area contributed by atoms with Gasteiger partial charge in [0.2, 0.25) is 0 Å². The largest absolute Gasteiger partial charge is 0.370 e. The SMILES string of the molecule is NC(=NCCN1CCc2sccc2C1)NC1CC1. The molecular formula is C13H20N4S. The first-order valence-electron chi connectivity index (χ1n) is 6.65. The Labute approximate surface area is 112 Å². The zero-order valence-corrected chi connectivity index (χ0v) is 11.4. The van der Waals surface area contributed by atoms with Gasteiger partial charge in [0.05, 0.1) is 6.54 Å². The van der Waals surface area contributed by atoms with Crippen molar-refractivity contribution in [3.8, 4) is 0 Å². The molecule has 2 aliphatic rings. The van der Waals surface area contributed by atoms with E-state index in [0.29, 0.717) is 12.0 Å². The number of fused-ring (bicyclic) bond motifs is 1. The third-order valence-electron chi connectivity index (χ3n) is 3.51. The lowest BCUT2D eigenvalue weighted by molar-refractivity contribution is 0.263. The van der Waals surface area contributed by atoms with Crippen molar-refractivity contribution in [1.82, 2.24) is 10.2 Å². The highest BCUT2D eigenvalue weighted by Crippen LogP contribution is 2.23. The average molecular weight is 264 g/mol. The number of rotatable bonds is 4. The molecule has 3 N–H and O–H groups in total. The maximum atomic E-state index is 5.81. The molecule has 0 spiro atoms. The van der Waals surface area contributed by atoms with Crippen LogP contribution in [0.15, 0.2) is 16.4 Å². The van der Waals surface area contributed by atoms with Crippen LogP contribution in [0.3, 0.4) is 0 Å². The molecule has 18 heavy (non-hydrogen) atoms. The molecule has 4 nitrogen and oxygen atoms in total. The predicted molar refractivity (Wildman–Crippen MR) is 75.9 cm³/mol. The number of nitrogens with one attached hydrogen (secondary N) is 1. The second-order valence-electron chi connectivity index (χ2n) is 5.08. The summed E-state index contributed by atoms with van der Waals surface area (Å²) < 4.78 is 0. The fourth-order valence-corrected chi connectivity index (χ4v) is 3.18. The molecule has 1 saturated carbocycles. The number of nitrogens with zero attached hydrogens (tertiary/aromatic N) is 2. The van der Waals surface area contributed by atoms with E-state index in [2.05, 4.69) is 26.7 Å². The van der Waals surface area contributed by atoms with Gasteiger partial charge in [-0.25, -0.2) is 0 Å². The molecule has 1 aromatic heterocycles. The van der Waals surface area contributed by atoms with Gasteiger partial charge in [0, 0.05) is 30.6 Å². The van der Waals surface area contributed by atoms with Crippen molar-refractivity contribution < 1.29 is 0 Å². The first-order valence-corrected chi connectivity index (χ1v) is 7.53. The van der Waals surface area contributed by atoms with Gasteiger partial charge in [-0.15, -0.1) is 11.3 Å². The average Bonchev–Trinajstić information content (AvgIpc) is 3.05. The minimum Gasteiger partial charge on any atom is -0.370 e. The monoisotopic (exact) mass is 264 g/mol. The van der Waals surface area contributed by atoms with Gasteiger partial charge in [0.15, 0.2) is 5.96 Å². The van der Waals surface area contributed by atoms with Crippen molar-refractivity contribution in [1.29, 1.82) is 0 Å². The molecule has 0 saturated heterocycles.